The van der Waals surface area contributed by atoms with Crippen molar-refractivity contribution in [1.29, 1.82) is 0 Å². The highest BCUT2D eigenvalue weighted by atomic mass is 32.2. The van der Waals surface area contributed by atoms with Crippen LogP contribution >= 0.6 is 11.8 Å². The molecule has 0 amide bonds. The van der Waals surface area contributed by atoms with Crippen molar-refractivity contribution < 1.29 is 14.7 Å². The molecule has 7 heteroatoms. The third kappa shape index (κ3) is 3.81. The third-order valence-electron chi connectivity index (χ3n) is 7.57. The number of aromatic nitrogens is 3. The quantitative estimate of drug-likeness (QED) is 0.484. The van der Waals surface area contributed by atoms with E-state index in [0.29, 0.717) is 11.1 Å². The van der Waals surface area contributed by atoms with Crippen molar-refractivity contribution in [2.45, 2.75) is 76.3 Å². The molecule has 0 spiro atoms. The lowest BCUT2D eigenvalue weighted by Crippen LogP contribution is -2.52. The van der Waals surface area contributed by atoms with E-state index in [4.69, 9.17) is 5.11 Å². The molecule has 0 bridgehead atoms. The van der Waals surface area contributed by atoms with Gasteiger partial charge in [-0.15, -0.1) is 5.10 Å². The molecular weight excluding hydrogens is 410 g/mol. The number of thioether (sulfide) groups is 1. The van der Waals surface area contributed by atoms with Gasteiger partial charge < -0.3 is 5.11 Å². The maximum absolute atomic E-state index is 13.7. The van der Waals surface area contributed by atoms with Crippen LogP contribution in [-0.2, 0) is 16.6 Å². The van der Waals surface area contributed by atoms with Crippen LogP contribution in [0.3, 0.4) is 0 Å². The number of aliphatic carboxylic acids is 1. The van der Waals surface area contributed by atoms with E-state index in [-0.39, 0.29) is 28.7 Å². The van der Waals surface area contributed by atoms with Gasteiger partial charge in [-0.05, 0) is 59.6 Å². The van der Waals surface area contributed by atoms with Gasteiger partial charge in [0.05, 0.1) is 5.75 Å². The molecule has 1 heterocycles. The summed E-state index contributed by atoms with van der Waals surface area (Å²) in [6, 6.07) is 6.94. The molecule has 2 N–H and O–H groups in total. The zero-order valence-electron chi connectivity index (χ0n) is 18.7. The molecular formula is C24H31N3O3S. The summed E-state index contributed by atoms with van der Waals surface area (Å²) in [6.07, 6.45) is 4.90. The van der Waals surface area contributed by atoms with Crippen LogP contribution in [0.5, 0.6) is 0 Å². The van der Waals surface area contributed by atoms with E-state index < -0.39 is 11.4 Å². The molecule has 1 fully saturated rings. The molecule has 6 nitrogen and oxygen atoms in total. The molecule has 0 aliphatic heterocycles. The van der Waals surface area contributed by atoms with Crippen molar-refractivity contribution in [2.75, 3.05) is 5.75 Å². The number of fused-ring (bicyclic) bond motifs is 3. The largest absolute Gasteiger partial charge is 0.481 e. The second-order valence-corrected chi connectivity index (χ2v) is 10.8. The summed E-state index contributed by atoms with van der Waals surface area (Å²) in [5.74, 6) is -0.0637. The number of Topliss-reactive ketones (excluding diaryl/α,β-unsaturated/α-hetero) is 1. The monoisotopic (exact) mass is 441 g/mol. The fourth-order valence-electron chi connectivity index (χ4n) is 5.95. The number of aromatic amines is 1. The van der Waals surface area contributed by atoms with Crippen LogP contribution in [0, 0.1) is 11.3 Å². The number of carboxylic acid groups (broad SMARTS) is 1. The van der Waals surface area contributed by atoms with Gasteiger partial charge in [-0.3, -0.25) is 14.7 Å². The summed E-state index contributed by atoms with van der Waals surface area (Å²) in [6.45, 7) is 8.89. The van der Waals surface area contributed by atoms with Crippen LogP contribution in [-0.4, -0.2) is 37.8 Å². The van der Waals surface area contributed by atoms with E-state index in [0.717, 1.165) is 43.9 Å². The van der Waals surface area contributed by atoms with E-state index in [2.05, 4.69) is 61.1 Å². The minimum absolute atomic E-state index is 0.000325. The summed E-state index contributed by atoms with van der Waals surface area (Å²) in [7, 11) is 0. The number of hydrogen-bond donors (Lipinski definition) is 2. The van der Waals surface area contributed by atoms with Crippen LogP contribution in [0.4, 0.5) is 0 Å². The van der Waals surface area contributed by atoms with Crippen LogP contribution in [0.2, 0.25) is 0 Å². The molecule has 2 aromatic rings. The van der Waals surface area contributed by atoms with Gasteiger partial charge in [0.15, 0.2) is 5.82 Å². The standard InChI is InChI=1S/C24H31N3O3S/c1-14(2)15-6-8-17-16(12-15)7-9-18-23(17,3)10-5-11-24(18,4)20(30)21-25-22(27-26-21)31-13-19(28)29/h6,8,12,14,18H,5,7,9-11,13H2,1-4H3,(H,28,29)(H,25,26,27)/t18-,23-,24-/m1/s1. The topological polar surface area (TPSA) is 95.9 Å². The van der Waals surface area contributed by atoms with Gasteiger partial charge in [-0.25, -0.2) is 0 Å². The smallest absolute Gasteiger partial charge is 0.313 e. The molecule has 1 saturated carbocycles. The second kappa shape index (κ2) is 8.08. The number of rotatable bonds is 6. The summed E-state index contributed by atoms with van der Waals surface area (Å²) >= 11 is 1.02. The first kappa shape index (κ1) is 22.1. The zero-order valence-corrected chi connectivity index (χ0v) is 19.5. The molecule has 1 aromatic carbocycles. The number of nitrogens with one attached hydrogen (secondary N) is 1. The molecule has 0 saturated heterocycles. The molecule has 166 valence electrons. The first-order chi connectivity index (χ1) is 14.6. The Bertz CT molecular complexity index is 1020. The van der Waals surface area contributed by atoms with Gasteiger partial charge in [-0.1, -0.05) is 64.1 Å². The average Bonchev–Trinajstić information content (AvgIpc) is 3.20. The van der Waals surface area contributed by atoms with Crippen LogP contribution in [0.1, 0.15) is 86.6 Å². The lowest BCUT2D eigenvalue weighted by atomic mass is 9.48. The Balaban J connectivity index is 1.64. The van der Waals surface area contributed by atoms with Gasteiger partial charge in [0.1, 0.15) is 0 Å². The molecule has 3 atom stereocenters. The number of ketones is 1. The second-order valence-electron chi connectivity index (χ2n) is 9.83. The van der Waals surface area contributed by atoms with E-state index in [1.807, 2.05) is 0 Å². The van der Waals surface area contributed by atoms with Gasteiger partial charge in [0.25, 0.3) is 0 Å². The van der Waals surface area contributed by atoms with Crippen molar-refractivity contribution >= 4 is 23.5 Å². The van der Waals surface area contributed by atoms with Gasteiger partial charge in [0, 0.05) is 5.41 Å². The molecule has 0 unspecified atom stereocenters. The first-order valence-corrected chi connectivity index (χ1v) is 12.1. The highest BCUT2D eigenvalue weighted by Gasteiger charge is 2.55. The van der Waals surface area contributed by atoms with Gasteiger partial charge in [0.2, 0.25) is 10.9 Å². The van der Waals surface area contributed by atoms with Gasteiger partial charge in [-0.2, -0.15) is 4.98 Å². The average molecular weight is 442 g/mol. The minimum Gasteiger partial charge on any atom is -0.481 e. The highest BCUT2D eigenvalue weighted by Crippen LogP contribution is 2.58. The van der Waals surface area contributed by atoms with Crippen LogP contribution in [0.15, 0.2) is 23.4 Å². The van der Waals surface area contributed by atoms with Crippen LogP contribution in [0.25, 0.3) is 0 Å². The predicted octanol–water partition coefficient (Wildman–Crippen LogP) is 5.00. The number of carboxylic acids is 1. The number of aryl methyl sites for hydroxylation is 1. The molecule has 4 rings (SSSR count). The molecule has 1 aromatic heterocycles. The van der Waals surface area contributed by atoms with Crippen molar-refractivity contribution in [3.63, 3.8) is 0 Å². The Kier molecular flexibility index (Phi) is 5.75. The normalized spacial score (nSPS) is 27.6. The van der Waals surface area contributed by atoms with Crippen molar-refractivity contribution in [2.24, 2.45) is 11.3 Å². The summed E-state index contributed by atoms with van der Waals surface area (Å²) in [5.41, 5.74) is 3.67. The predicted molar refractivity (Wildman–Crippen MR) is 121 cm³/mol. The number of H-pyrrole nitrogens is 1. The summed E-state index contributed by atoms with van der Waals surface area (Å²) < 4.78 is 0. The Labute approximate surface area is 187 Å². The number of carbonyl (C=O) groups is 2. The zero-order chi connectivity index (χ0) is 22.4. The number of carbonyl (C=O) groups excluding carboxylic acids is 1. The maximum atomic E-state index is 13.7. The van der Waals surface area contributed by atoms with Crippen LogP contribution < -0.4 is 0 Å². The highest BCUT2D eigenvalue weighted by molar-refractivity contribution is 7.99. The van der Waals surface area contributed by atoms with Crippen molar-refractivity contribution in [1.82, 2.24) is 15.2 Å². The summed E-state index contributed by atoms with van der Waals surface area (Å²) in [4.78, 5) is 28.8. The first-order valence-electron chi connectivity index (χ1n) is 11.1. The number of hydrogen-bond acceptors (Lipinski definition) is 5. The lowest BCUT2D eigenvalue weighted by molar-refractivity contribution is -0.133. The molecule has 2 aliphatic carbocycles. The Morgan fingerprint density at radius 2 is 2.06 bits per heavy atom. The number of nitrogens with zero attached hydrogens (tertiary/aromatic N) is 2. The maximum Gasteiger partial charge on any atom is 0.313 e. The van der Waals surface area contributed by atoms with E-state index >= 15 is 0 Å². The van der Waals surface area contributed by atoms with Gasteiger partial charge >= 0.3 is 5.97 Å². The van der Waals surface area contributed by atoms with Crippen molar-refractivity contribution in [3.05, 3.63) is 40.7 Å². The molecule has 0 radical (unpaired) electrons. The third-order valence-corrected chi connectivity index (χ3v) is 8.40. The Morgan fingerprint density at radius 3 is 2.77 bits per heavy atom. The molecule has 31 heavy (non-hydrogen) atoms. The summed E-state index contributed by atoms with van der Waals surface area (Å²) in [5, 5.41) is 16.0. The van der Waals surface area contributed by atoms with E-state index in [1.165, 1.54) is 16.7 Å². The fourth-order valence-corrected chi connectivity index (χ4v) is 6.47. The SMILES string of the molecule is CC(C)c1ccc2c(c1)CC[C@H]1[C@](C)(C(=O)c3nc(SCC(=O)O)n[nH]3)CCC[C@]21C. The Hall–Kier alpha value is -2.15. The fraction of sp³-hybridized carbons (Fsp3) is 0.583. The number of benzene rings is 1. The lowest BCUT2D eigenvalue weighted by Gasteiger charge is -2.54. The Morgan fingerprint density at radius 1 is 1.29 bits per heavy atom. The molecule has 2 aliphatic rings. The van der Waals surface area contributed by atoms with E-state index in [9.17, 15) is 9.59 Å². The van der Waals surface area contributed by atoms with E-state index in [1.54, 1.807) is 0 Å². The minimum atomic E-state index is -0.931. The van der Waals surface area contributed by atoms with Crippen molar-refractivity contribution in [3.8, 4) is 0 Å².